The Morgan fingerprint density at radius 3 is 1.92 bits per heavy atom. The monoisotopic (exact) mass is 1220 g/mol. The number of hydrogen-bond donors (Lipinski definition) is 12. The number of carboxylic acids is 3. The molecule has 0 aromatic heterocycles. The molecule has 13 N–H and O–H groups in total. The number of hydrogen-bond acceptors (Lipinski definition) is 17. The lowest BCUT2D eigenvalue weighted by Crippen LogP contribution is -2.87. The summed E-state index contributed by atoms with van der Waals surface area (Å²) in [6.07, 6.45) is -1.82. The SMILES string of the molecule is C/C(N)=C(/C(=N)c1cc(C(C)C)c(O)cc1O)c1ccc(CN2CCN(C(=O)OC(C(=O)O)C(NC(C)C)c3ccccc3)CC2)cc1.CC(=O)O.CC1=C2C(O)C(=O)C3(C)C(O)CC4OCC4C34CC(O)(CC1)C24C.O=C(O)c1ccccc1.O=CO. The van der Waals surface area contributed by atoms with Crippen molar-refractivity contribution in [2.75, 3.05) is 32.8 Å². The number of benzene rings is 4. The molecule has 88 heavy (non-hydrogen) atoms. The van der Waals surface area contributed by atoms with Crippen molar-refractivity contribution in [2.45, 2.75) is 143 Å². The number of carbonyl (C=O) groups excluding carboxylic acids is 2. The van der Waals surface area contributed by atoms with Crippen LogP contribution in [0.25, 0.3) is 5.57 Å². The van der Waals surface area contributed by atoms with Gasteiger partial charge in [-0.15, -0.1) is 0 Å². The molecule has 4 aliphatic carbocycles. The summed E-state index contributed by atoms with van der Waals surface area (Å²) in [5, 5.41) is 98.9. The summed E-state index contributed by atoms with van der Waals surface area (Å²) in [6.45, 7) is 19.2. The summed E-state index contributed by atoms with van der Waals surface area (Å²) in [7, 11) is 0. The zero-order valence-electron chi connectivity index (χ0n) is 51.3. The molecule has 3 saturated carbocycles. The molecule has 2 aliphatic heterocycles. The van der Waals surface area contributed by atoms with Crippen molar-refractivity contribution >= 4 is 47.5 Å². The van der Waals surface area contributed by atoms with Gasteiger partial charge in [-0.25, -0.2) is 14.4 Å². The van der Waals surface area contributed by atoms with E-state index < -0.39 is 70.2 Å². The molecule has 476 valence electrons. The van der Waals surface area contributed by atoms with E-state index in [-0.39, 0.29) is 53.4 Å². The second kappa shape index (κ2) is 28.4. The number of aliphatic carboxylic acids is 2. The van der Waals surface area contributed by atoms with Gasteiger partial charge in [0.15, 0.2) is 5.78 Å². The molecule has 2 heterocycles. The maximum absolute atomic E-state index is 13.3. The fourth-order valence-corrected chi connectivity index (χ4v) is 14.1. The molecular formula is C66H85N5O17. The van der Waals surface area contributed by atoms with Crippen molar-refractivity contribution < 1.29 is 84.2 Å². The topological polar surface area (TPSA) is 371 Å². The summed E-state index contributed by atoms with van der Waals surface area (Å²) in [6, 6.07) is 27.3. The van der Waals surface area contributed by atoms with Crippen LogP contribution < -0.4 is 11.1 Å². The molecule has 1 amide bonds. The number of ether oxygens (including phenoxy) is 2. The predicted molar refractivity (Wildman–Crippen MR) is 327 cm³/mol. The normalized spacial score (nSPS) is 26.6. The average Bonchev–Trinajstić information content (AvgIpc) is 0.624. The molecule has 10 unspecified atom stereocenters. The lowest BCUT2D eigenvalue weighted by molar-refractivity contribution is -0.385. The first-order valence-electron chi connectivity index (χ1n) is 29.3. The van der Waals surface area contributed by atoms with Gasteiger partial charge >= 0.3 is 18.0 Å². The van der Waals surface area contributed by atoms with Gasteiger partial charge in [-0.05, 0) is 92.0 Å². The summed E-state index contributed by atoms with van der Waals surface area (Å²) in [5.41, 5.74) is 9.58. The van der Waals surface area contributed by atoms with Gasteiger partial charge in [0.25, 0.3) is 12.4 Å². The van der Waals surface area contributed by atoms with Gasteiger partial charge in [0, 0.05) is 91.8 Å². The van der Waals surface area contributed by atoms with Gasteiger partial charge in [0.2, 0.25) is 6.10 Å². The number of nitrogens with two attached hydrogens (primary N) is 1. The Hall–Kier alpha value is -7.99. The fourth-order valence-electron chi connectivity index (χ4n) is 14.1. The number of aliphatic hydroxyl groups excluding tert-OH is 2. The van der Waals surface area contributed by atoms with Gasteiger partial charge in [0.1, 0.15) is 17.6 Å². The van der Waals surface area contributed by atoms with Crippen molar-refractivity contribution in [1.29, 1.82) is 5.41 Å². The quantitative estimate of drug-likeness (QED) is 0.0349. The second-order valence-corrected chi connectivity index (χ2v) is 24.3. The summed E-state index contributed by atoms with van der Waals surface area (Å²) in [4.78, 5) is 70.0. The van der Waals surface area contributed by atoms with Crippen LogP contribution in [0.15, 0.2) is 114 Å². The third-order valence-corrected chi connectivity index (χ3v) is 18.4. The van der Waals surface area contributed by atoms with Gasteiger partial charge in [-0.1, -0.05) is 113 Å². The maximum atomic E-state index is 13.3. The third-order valence-electron chi connectivity index (χ3n) is 18.4. The number of aliphatic hydroxyl groups is 3. The van der Waals surface area contributed by atoms with Crippen molar-refractivity contribution in [1.82, 2.24) is 15.1 Å². The zero-order valence-corrected chi connectivity index (χ0v) is 51.3. The number of phenols is 2. The van der Waals surface area contributed by atoms with Crippen LogP contribution in [0, 0.1) is 27.6 Å². The number of piperazine rings is 1. The third kappa shape index (κ3) is 13.7. The predicted octanol–water partition coefficient (Wildman–Crippen LogP) is 7.56. The molecule has 4 aromatic carbocycles. The highest BCUT2D eigenvalue weighted by molar-refractivity contribution is 6.31. The van der Waals surface area contributed by atoms with Crippen molar-refractivity contribution in [3.8, 4) is 11.5 Å². The molecule has 22 nitrogen and oxygen atoms in total. The van der Waals surface area contributed by atoms with E-state index in [2.05, 4.69) is 10.2 Å². The lowest BCUT2D eigenvalue weighted by Gasteiger charge is -2.82. The van der Waals surface area contributed by atoms with Crippen LogP contribution in [0.4, 0.5) is 4.79 Å². The molecule has 5 fully saturated rings. The van der Waals surface area contributed by atoms with Crippen LogP contribution in [0.1, 0.15) is 138 Å². The summed E-state index contributed by atoms with van der Waals surface area (Å²) < 4.78 is 11.3. The Balaban J connectivity index is 0.000000251. The van der Waals surface area contributed by atoms with Crippen LogP contribution in [-0.2, 0) is 35.2 Å². The lowest BCUT2D eigenvalue weighted by atomic mass is 9.22. The van der Waals surface area contributed by atoms with Crippen molar-refractivity contribution in [3.63, 3.8) is 0 Å². The smallest absolute Gasteiger partial charge is 0.410 e. The van der Waals surface area contributed by atoms with Crippen LogP contribution in [-0.4, -0.2) is 167 Å². The minimum absolute atomic E-state index is 0.00368. The Morgan fingerprint density at radius 1 is 0.864 bits per heavy atom. The van der Waals surface area contributed by atoms with Crippen LogP contribution >= 0.6 is 0 Å². The van der Waals surface area contributed by atoms with E-state index in [4.69, 9.17) is 45.5 Å². The first kappa shape index (κ1) is 69.1. The average molecular weight is 1220 g/mol. The first-order chi connectivity index (χ1) is 41.4. The fraction of sp³-hybridized carbons (Fsp3) is 0.470. The van der Waals surface area contributed by atoms with E-state index in [1.165, 1.54) is 6.07 Å². The second-order valence-electron chi connectivity index (χ2n) is 24.3. The molecule has 4 aromatic rings. The molecule has 0 radical (unpaired) electrons. The Kier molecular flexibility index (Phi) is 22.3. The van der Waals surface area contributed by atoms with E-state index in [1.807, 2.05) is 103 Å². The van der Waals surface area contributed by atoms with Crippen molar-refractivity contribution in [2.24, 2.45) is 27.9 Å². The minimum Gasteiger partial charge on any atom is -0.508 e. The number of carbonyl (C=O) groups is 6. The molecule has 2 saturated heterocycles. The standard InChI is InChI=1S/C37H47N5O6.C19H26O5.C7H6O2.C2H4O2.CH2O2/c1-22(2)28-19-29(31(44)20-30(28)43)33(39)32(24(5)38)26-13-11-25(12-14-26)21-41-15-17-42(18-16-41)37(47)48-35(36(45)46)34(40-23(3)4)27-9-7-6-8-10-27;1-9-4-5-18(23)8-19-10-7-24-11(10)6-12(20)16(19,2)15(22)14(21)13(9)17(18,19)3;8-7(9)6-4-2-1-3-5-6;1-2(3)4;2-1-3/h6-14,19-20,22-23,34-35,39-40,43-44H,15-18,21,38H2,1-5H3,(H,45,46);10-12,14,20-21,23H,4-8H2,1-3H3;1-5H,(H,8,9);1H3,(H,3,4);1H,(H,2,3)/b32-24-,39-33?;;;;. The summed E-state index contributed by atoms with van der Waals surface area (Å²) in [5.74, 6) is -3.25. The minimum atomic E-state index is -1.40. The van der Waals surface area contributed by atoms with Gasteiger partial charge in [-0.2, -0.15) is 0 Å². The molecule has 10 rings (SSSR count). The van der Waals surface area contributed by atoms with E-state index in [1.54, 1.807) is 48.2 Å². The highest BCUT2D eigenvalue weighted by Crippen LogP contribution is 2.83. The van der Waals surface area contributed by atoms with Gasteiger partial charge in [-0.3, -0.25) is 24.7 Å². The summed E-state index contributed by atoms with van der Waals surface area (Å²) >= 11 is 0. The number of aromatic hydroxyl groups is 2. The largest absolute Gasteiger partial charge is 0.508 e. The molecule has 10 atom stereocenters. The number of allylic oxidation sites excluding steroid dienone is 3. The number of nitrogens with zero attached hydrogens (tertiary/aromatic N) is 2. The number of Topliss-reactive ketones (excluding diaryl/α,β-unsaturated/α-hetero) is 1. The van der Waals surface area contributed by atoms with Gasteiger partial charge < -0.3 is 71.4 Å². The molecule has 1 spiro atoms. The van der Waals surface area contributed by atoms with E-state index in [9.17, 15) is 49.8 Å². The number of fused-ring (bicyclic) bond motifs is 1. The van der Waals surface area contributed by atoms with Crippen LogP contribution in [0.2, 0.25) is 0 Å². The van der Waals surface area contributed by atoms with E-state index >= 15 is 0 Å². The number of amides is 1. The Bertz CT molecular complexity index is 3250. The molecular weight excluding hydrogens is 1130 g/mol. The van der Waals surface area contributed by atoms with E-state index in [0.717, 1.165) is 34.8 Å². The van der Waals surface area contributed by atoms with Gasteiger partial charge in [0.05, 0.1) is 47.1 Å². The number of carboxylic acid groups (broad SMARTS) is 4. The number of ketones is 1. The molecule has 6 aliphatic rings. The molecule has 22 heteroatoms. The van der Waals surface area contributed by atoms with Crippen LogP contribution in [0.5, 0.6) is 11.5 Å². The number of rotatable bonds is 13. The van der Waals surface area contributed by atoms with E-state index in [0.29, 0.717) is 93.0 Å². The zero-order chi connectivity index (χ0) is 65.4. The van der Waals surface area contributed by atoms with Crippen molar-refractivity contribution in [3.05, 3.63) is 147 Å². The maximum Gasteiger partial charge on any atom is 0.410 e. The Morgan fingerprint density at radius 2 is 1.43 bits per heavy atom. The highest BCUT2D eigenvalue weighted by atomic mass is 16.6. The molecule has 0 bridgehead atoms. The van der Waals surface area contributed by atoms with Crippen LogP contribution in [0.3, 0.4) is 0 Å². The number of phenolic OH excluding ortho intramolecular Hbond substituents is 2. The Labute approximate surface area is 512 Å². The number of aromatic carboxylic acids is 1. The first-order valence-corrected chi connectivity index (χ1v) is 29.3. The highest BCUT2D eigenvalue weighted by Gasteiger charge is 2.88. The number of nitrogens with one attached hydrogen (secondary N) is 2.